The van der Waals surface area contributed by atoms with Crippen molar-refractivity contribution in [1.82, 2.24) is 0 Å². The molecule has 0 radical (unpaired) electrons. The van der Waals surface area contributed by atoms with E-state index in [2.05, 4.69) is 4.74 Å². The Morgan fingerprint density at radius 2 is 1.88 bits per heavy atom. The molecule has 0 aromatic carbocycles. The largest absolute Gasteiger partial charge is 0.469 e. The summed E-state index contributed by atoms with van der Waals surface area (Å²) in [6, 6.07) is 1.75. The molecule has 0 saturated heterocycles. The third-order valence-corrected chi connectivity index (χ3v) is 0.287. The molecule has 0 unspecified atom stereocenters. The summed E-state index contributed by atoms with van der Waals surface area (Å²) in [5, 5.41) is 7.32. The molecule has 0 aliphatic rings. The van der Waals surface area contributed by atoms with Gasteiger partial charge in [0.2, 0.25) is 0 Å². The molecule has 46 valence electrons. The number of rotatable bonds is 0. The normalized spacial score (nSPS) is 5.25. The van der Waals surface area contributed by atoms with Gasteiger partial charge in [0.1, 0.15) is 0 Å². The summed E-state index contributed by atoms with van der Waals surface area (Å²) in [5.41, 5.74) is 0. The molecule has 0 aliphatic heterocycles. The number of methoxy groups -OCH3 is 1. The Labute approximate surface area is 48.9 Å². The van der Waals surface area contributed by atoms with Gasteiger partial charge >= 0.3 is 5.97 Å². The summed E-state index contributed by atoms with van der Waals surface area (Å²) in [7, 11) is 1.35. The first-order valence-corrected chi connectivity index (χ1v) is 2.04. The lowest BCUT2D eigenvalue weighted by Crippen LogP contribution is -1.88. The van der Waals surface area contributed by atoms with Gasteiger partial charge < -0.3 is 4.74 Å². The van der Waals surface area contributed by atoms with Gasteiger partial charge in [-0.3, -0.25) is 4.79 Å². The molecule has 0 aromatic heterocycles. The van der Waals surface area contributed by atoms with Crippen LogP contribution in [-0.4, -0.2) is 13.1 Å². The second-order valence-corrected chi connectivity index (χ2v) is 0.919. The Bertz CT molecular complexity index is 93.1. The van der Waals surface area contributed by atoms with E-state index in [0.29, 0.717) is 0 Å². The fraction of sp³-hybridized carbons (Fsp3) is 0.600. The van der Waals surface area contributed by atoms with Gasteiger partial charge in [-0.1, -0.05) is 0 Å². The molecule has 0 aromatic rings. The van der Waals surface area contributed by atoms with Crippen LogP contribution in [0.4, 0.5) is 0 Å². The summed E-state index contributed by atoms with van der Waals surface area (Å²) >= 11 is 0. The van der Waals surface area contributed by atoms with Crippen molar-refractivity contribution < 1.29 is 9.53 Å². The van der Waals surface area contributed by atoms with Crippen molar-refractivity contribution in [3.8, 4) is 6.07 Å². The lowest BCUT2D eigenvalue weighted by molar-refractivity contribution is -0.137. The quantitative estimate of drug-likeness (QED) is 0.437. The molecule has 0 heterocycles. The monoisotopic (exact) mass is 115 g/mol. The van der Waals surface area contributed by atoms with Crippen molar-refractivity contribution in [2.24, 2.45) is 0 Å². The summed E-state index contributed by atoms with van der Waals surface area (Å²) in [6.07, 6.45) is 0. The lowest BCUT2D eigenvalue weighted by Gasteiger charge is -1.80. The van der Waals surface area contributed by atoms with E-state index in [1.807, 2.05) is 0 Å². The minimum atomic E-state index is -0.245. The van der Waals surface area contributed by atoms with E-state index in [1.54, 1.807) is 6.07 Å². The highest BCUT2D eigenvalue weighted by Gasteiger charge is 1.75. The van der Waals surface area contributed by atoms with Crippen molar-refractivity contribution >= 4 is 5.97 Å². The van der Waals surface area contributed by atoms with Crippen LogP contribution in [0.5, 0.6) is 0 Å². The van der Waals surface area contributed by atoms with Gasteiger partial charge in [0.15, 0.2) is 0 Å². The average molecular weight is 115 g/mol. The third kappa shape index (κ3) is 84.4. The Hall–Kier alpha value is -1.04. The Morgan fingerprint density at radius 1 is 1.75 bits per heavy atom. The van der Waals surface area contributed by atoms with E-state index in [4.69, 9.17) is 5.26 Å². The van der Waals surface area contributed by atoms with E-state index in [1.165, 1.54) is 21.0 Å². The fourth-order valence-corrected chi connectivity index (χ4v) is 0. The minimum Gasteiger partial charge on any atom is -0.469 e. The number of esters is 1. The Kier molecular flexibility index (Phi) is 11.7. The first kappa shape index (κ1) is 10.0. The molecule has 0 N–H and O–H groups in total. The number of nitriles is 1. The van der Waals surface area contributed by atoms with E-state index in [9.17, 15) is 4.79 Å². The van der Waals surface area contributed by atoms with E-state index in [-0.39, 0.29) is 5.97 Å². The molecule has 8 heavy (non-hydrogen) atoms. The van der Waals surface area contributed by atoms with Gasteiger partial charge in [0.25, 0.3) is 0 Å². The van der Waals surface area contributed by atoms with Crippen LogP contribution in [0, 0.1) is 11.3 Å². The number of carbonyl (C=O) groups is 1. The van der Waals surface area contributed by atoms with Crippen LogP contribution in [0.25, 0.3) is 0 Å². The molecule has 3 nitrogen and oxygen atoms in total. The van der Waals surface area contributed by atoms with Crippen LogP contribution in [0.15, 0.2) is 0 Å². The topological polar surface area (TPSA) is 50.1 Å². The highest BCUT2D eigenvalue weighted by molar-refractivity contribution is 5.65. The highest BCUT2D eigenvalue weighted by Crippen LogP contribution is 1.60. The molecule has 0 rings (SSSR count). The van der Waals surface area contributed by atoms with Crippen LogP contribution in [-0.2, 0) is 9.53 Å². The highest BCUT2D eigenvalue weighted by atomic mass is 16.5. The molecule has 3 heteroatoms. The first-order valence-electron chi connectivity index (χ1n) is 2.04. The molecule has 0 spiro atoms. The summed E-state index contributed by atoms with van der Waals surface area (Å²) < 4.78 is 4.11. The molecular formula is C5H9NO2. The van der Waals surface area contributed by atoms with Gasteiger partial charge in [-0.15, -0.1) is 0 Å². The predicted octanol–water partition coefficient (Wildman–Crippen LogP) is 0.709. The van der Waals surface area contributed by atoms with Gasteiger partial charge in [-0.05, 0) is 0 Å². The second-order valence-electron chi connectivity index (χ2n) is 0.919. The second kappa shape index (κ2) is 9.35. The maximum Gasteiger partial charge on any atom is 0.302 e. The standard InChI is InChI=1S/C3H6O2.C2H3N/c1-3(4)5-2;1-2-3/h1-2H3;1H3. The molecular weight excluding hydrogens is 106 g/mol. The van der Waals surface area contributed by atoms with Gasteiger partial charge in [-0.25, -0.2) is 0 Å². The minimum absolute atomic E-state index is 0.245. The van der Waals surface area contributed by atoms with Crippen LogP contribution in [0.3, 0.4) is 0 Å². The lowest BCUT2D eigenvalue weighted by atomic mass is 10.8. The number of ether oxygens (including phenoxy) is 1. The van der Waals surface area contributed by atoms with Crippen molar-refractivity contribution in [2.45, 2.75) is 13.8 Å². The van der Waals surface area contributed by atoms with E-state index >= 15 is 0 Å². The summed E-state index contributed by atoms with van der Waals surface area (Å²) in [4.78, 5) is 9.59. The van der Waals surface area contributed by atoms with Gasteiger partial charge in [-0.2, -0.15) is 5.26 Å². The van der Waals surface area contributed by atoms with Crippen molar-refractivity contribution in [3.05, 3.63) is 0 Å². The number of hydrogen-bond acceptors (Lipinski definition) is 3. The molecule has 0 saturated carbocycles. The summed E-state index contributed by atoms with van der Waals surface area (Å²) in [6.45, 7) is 2.79. The average Bonchev–Trinajstić information content (AvgIpc) is 1.69. The molecule has 0 fully saturated rings. The Balaban J connectivity index is 0. The smallest absolute Gasteiger partial charge is 0.302 e. The third-order valence-electron chi connectivity index (χ3n) is 0.287. The maximum absolute atomic E-state index is 9.59. The molecule has 0 bridgehead atoms. The first-order chi connectivity index (χ1) is 3.68. The fourth-order valence-electron chi connectivity index (χ4n) is 0. The van der Waals surface area contributed by atoms with Crippen molar-refractivity contribution in [2.75, 3.05) is 7.11 Å². The zero-order valence-corrected chi connectivity index (χ0v) is 5.26. The SMILES string of the molecule is CC#N.COC(C)=O. The summed E-state index contributed by atoms with van der Waals surface area (Å²) in [5.74, 6) is -0.245. The van der Waals surface area contributed by atoms with E-state index < -0.39 is 0 Å². The van der Waals surface area contributed by atoms with Crippen LogP contribution in [0.2, 0.25) is 0 Å². The zero-order valence-electron chi connectivity index (χ0n) is 5.26. The van der Waals surface area contributed by atoms with Crippen LogP contribution in [0.1, 0.15) is 13.8 Å². The molecule has 0 atom stereocenters. The van der Waals surface area contributed by atoms with Crippen LogP contribution >= 0.6 is 0 Å². The van der Waals surface area contributed by atoms with Gasteiger partial charge in [0, 0.05) is 13.8 Å². The molecule has 0 aliphatic carbocycles. The van der Waals surface area contributed by atoms with Crippen molar-refractivity contribution in [1.29, 1.82) is 5.26 Å². The number of carbonyl (C=O) groups excluding carboxylic acids is 1. The van der Waals surface area contributed by atoms with Gasteiger partial charge in [0.05, 0.1) is 13.2 Å². The van der Waals surface area contributed by atoms with Crippen molar-refractivity contribution in [3.63, 3.8) is 0 Å². The maximum atomic E-state index is 9.59. The predicted molar refractivity (Wildman–Crippen MR) is 29.0 cm³/mol. The van der Waals surface area contributed by atoms with E-state index in [0.717, 1.165) is 0 Å². The number of nitrogens with zero attached hydrogens (tertiary/aromatic N) is 1. The zero-order chi connectivity index (χ0) is 6.99. The Morgan fingerprint density at radius 3 is 1.88 bits per heavy atom. The molecule has 0 amide bonds. The number of hydrogen-bond donors (Lipinski definition) is 0. The van der Waals surface area contributed by atoms with Crippen LogP contribution < -0.4 is 0 Å².